The molecule has 0 atom stereocenters. The lowest BCUT2D eigenvalue weighted by Crippen LogP contribution is -2.36. The number of carbonyl (C=O) groups excluding carboxylic acids is 2. The molecule has 0 bridgehead atoms. The fourth-order valence-corrected chi connectivity index (χ4v) is 2.73. The first-order valence-corrected chi connectivity index (χ1v) is 8.72. The molecular formula is C18H20IN3O3. The minimum Gasteiger partial charge on any atom is -0.497 e. The van der Waals surface area contributed by atoms with Crippen molar-refractivity contribution < 1.29 is 14.3 Å². The summed E-state index contributed by atoms with van der Waals surface area (Å²) < 4.78 is 6.12. The molecule has 7 heteroatoms. The van der Waals surface area contributed by atoms with Crippen molar-refractivity contribution >= 4 is 45.8 Å². The van der Waals surface area contributed by atoms with Crippen LogP contribution in [0.2, 0.25) is 0 Å². The van der Waals surface area contributed by atoms with Gasteiger partial charge in [-0.15, -0.1) is 0 Å². The Hall–Kier alpha value is -2.13. The van der Waals surface area contributed by atoms with Crippen molar-refractivity contribution in [2.45, 2.75) is 0 Å². The van der Waals surface area contributed by atoms with Crippen LogP contribution in [-0.2, 0) is 9.59 Å². The molecule has 0 spiro atoms. The van der Waals surface area contributed by atoms with E-state index in [4.69, 9.17) is 4.74 Å². The second-order valence-corrected chi connectivity index (χ2v) is 6.75. The number of likely N-dealkylation sites (N-methyl/N-ethyl adjacent to an activating group) is 1. The topological polar surface area (TPSA) is 70.7 Å². The zero-order valence-corrected chi connectivity index (χ0v) is 16.2. The minimum atomic E-state index is -0.185. The Labute approximate surface area is 160 Å². The van der Waals surface area contributed by atoms with Crippen LogP contribution < -0.4 is 15.4 Å². The first-order chi connectivity index (χ1) is 12.0. The molecule has 2 rings (SSSR count). The third-order valence-electron chi connectivity index (χ3n) is 3.31. The monoisotopic (exact) mass is 453 g/mol. The van der Waals surface area contributed by atoms with Gasteiger partial charge in [-0.05, 0) is 72.1 Å². The number of halogens is 1. The van der Waals surface area contributed by atoms with Gasteiger partial charge in [0.2, 0.25) is 11.8 Å². The van der Waals surface area contributed by atoms with Crippen LogP contribution in [0.25, 0.3) is 0 Å². The third-order valence-corrected chi connectivity index (χ3v) is 3.98. The number of methoxy groups -OCH3 is 1. The van der Waals surface area contributed by atoms with Crippen LogP contribution in [0.15, 0.2) is 48.5 Å². The third kappa shape index (κ3) is 6.71. The largest absolute Gasteiger partial charge is 0.497 e. The number of hydrogen-bond acceptors (Lipinski definition) is 4. The number of nitrogens with zero attached hydrogens (tertiary/aromatic N) is 1. The van der Waals surface area contributed by atoms with E-state index in [1.165, 1.54) is 0 Å². The van der Waals surface area contributed by atoms with Crippen molar-refractivity contribution in [3.8, 4) is 5.75 Å². The van der Waals surface area contributed by atoms with Crippen molar-refractivity contribution in [2.24, 2.45) is 0 Å². The number of rotatable bonds is 7. The van der Waals surface area contributed by atoms with E-state index in [0.717, 1.165) is 15.0 Å². The number of anilines is 2. The molecule has 0 aliphatic carbocycles. The predicted octanol–water partition coefficient (Wildman–Crippen LogP) is 2.81. The summed E-state index contributed by atoms with van der Waals surface area (Å²) in [6.07, 6.45) is 0. The summed E-state index contributed by atoms with van der Waals surface area (Å²) in [5.74, 6) is 0.374. The highest BCUT2D eigenvalue weighted by Gasteiger charge is 2.11. The minimum absolute atomic E-state index is 0.117. The molecular weight excluding hydrogens is 433 g/mol. The molecule has 0 heterocycles. The van der Waals surface area contributed by atoms with Gasteiger partial charge >= 0.3 is 0 Å². The quantitative estimate of drug-likeness (QED) is 0.633. The van der Waals surface area contributed by atoms with E-state index in [2.05, 4.69) is 33.2 Å². The van der Waals surface area contributed by atoms with Gasteiger partial charge in [0.15, 0.2) is 0 Å². The summed E-state index contributed by atoms with van der Waals surface area (Å²) in [6, 6.07) is 14.6. The maximum Gasteiger partial charge on any atom is 0.238 e. The average Bonchev–Trinajstić information content (AvgIpc) is 2.55. The van der Waals surface area contributed by atoms with Gasteiger partial charge in [-0.1, -0.05) is 6.07 Å². The maximum atomic E-state index is 12.0. The van der Waals surface area contributed by atoms with E-state index in [-0.39, 0.29) is 24.9 Å². The predicted molar refractivity (Wildman–Crippen MR) is 107 cm³/mol. The van der Waals surface area contributed by atoms with Crippen LogP contribution in [0.5, 0.6) is 5.75 Å². The van der Waals surface area contributed by atoms with E-state index >= 15 is 0 Å². The number of hydrogen-bond donors (Lipinski definition) is 2. The van der Waals surface area contributed by atoms with Crippen molar-refractivity contribution in [1.82, 2.24) is 4.90 Å². The molecule has 0 saturated carbocycles. The molecule has 0 aliphatic rings. The van der Waals surface area contributed by atoms with Gasteiger partial charge in [0.1, 0.15) is 5.75 Å². The Morgan fingerprint density at radius 1 is 1.00 bits per heavy atom. The molecule has 2 aromatic rings. The van der Waals surface area contributed by atoms with Gasteiger partial charge in [-0.25, -0.2) is 0 Å². The van der Waals surface area contributed by atoms with Crippen LogP contribution >= 0.6 is 22.6 Å². The standard InChI is InChI=1S/C18H20IN3O3/c1-22(12-18(24)21-15-5-3-4-13(19)10-15)11-17(23)20-14-6-8-16(25-2)9-7-14/h3-10H,11-12H2,1-2H3,(H,20,23)(H,21,24). The van der Waals surface area contributed by atoms with Crippen LogP contribution in [0.1, 0.15) is 0 Å². The Balaban J connectivity index is 1.79. The lowest BCUT2D eigenvalue weighted by Gasteiger charge is -2.16. The number of ether oxygens (including phenoxy) is 1. The summed E-state index contributed by atoms with van der Waals surface area (Å²) in [5.41, 5.74) is 1.43. The van der Waals surface area contributed by atoms with Gasteiger partial charge in [0.05, 0.1) is 20.2 Å². The zero-order chi connectivity index (χ0) is 18.2. The molecule has 132 valence electrons. The van der Waals surface area contributed by atoms with Gasteiger partial charge in [0.25, 0.3) is 0 Å². The Kier molecular flexibility index (Phi) is 7.20. The molecule has 0 unspecified atom stereocenters. The number of nitrogens with one attached hydrogen (secondary N) is 2. The summed E-state index contributed by atoms with van der Waals surface area (Å²) in [6.45, 7) is 0.243. The number of benzene rings is 2. The Morgan fingerprint density at radius 2 is 1.60 bits per heavy atom. The van der Waals surface area contributed by atoms with E-state index in [1.54, 1.807) is 43.3 Å². The SMILES string of the molecule is COc1ccc(NC(=O)CN(C)CC(=O)Nc2cccc(I)c2)cc1. The fraction of sp³-hybridized carbons (Fsp3) is 0.222. The van der Waals surface area contributed by atoms with E-state index < -0.39 is 0 Å². The normalized spacial score (nSPS) is 10.4. The van der Waals surface area contributed by atoms with Crippen LogP contribution in [0.3, 0.4) is 0 Å². The first-order valence-electron chi connectivity index (χ1n) is 7.64. The van der Waals surface area contributed by atoms with Crippen LogP contribution in [-0.4, -0.2) is 44.0 Å². The highest BCUT2D eigenvalue weighted by molar-refractivity contribution is 14.1. The molecule has 2 amide bonds. The lowest BCUT2D eigenvalue weighted by atomic mass is 10.3. The Morgan fingerprint density at radius 3 is 2.16 bits per heavy atom. The molecule has 0 fully saturated rings. The molecule has 2 aromatic carbocycles. The summed E-state index contributed by atoms with van der Waals surface area (Å²) >= 11 is 2.19. The smallest absolute Gasteiger partial charge is 0.238 e. The van der Waals surface area contributed by atoms with E-state index in [0.29, 0.717) is 5.69 Å². The zero-order valence-electron chi connectivity index (χ0n) is 14.1. The molecule has 0 aliphatic heterocycles. The lowest BCUT2D eigenvalue weighted by molar-refractivity contribution is -0.119. The molecule has 25 heavy (non-hydrogen) atoms. The fourth-order valence-electron chi connectivity index (χ4n) is 2.19. The van der Waals surface area contributed by atoms with Crippen LogP contribution in [0, 0.1) is 3.57 Å². The summed E-state index contributed by atoms with van der Waals surface area (Å²) in [5, 5.41) is 5.60. The van der Waals surface area contributed by atoms with Gasteiger partial charge in [-0.2, -0.15) is 0 Å². The average molecular weight is 453 g/mol. The second-order valence-electron chi connectivity index (χ2n) is 5.51. The van der Waals surface area contributed by atoms with Crippen molar-refractivity contribution in [3.63, 3.8) is 0 Å². The van der Waals surface area contributed by atoms with Crippen molar-refractivity contribution in [2.75, 3.05) is 37.9 Å². The van der Waals surface area contributed by atoms with Gasteiger partial charge < -0.3 is 15.4 Å². The van der Waals surface area contributed by atoms with E-state index in [9.17, 15) is 9.59 Å². The van der Waals surface area contributed by atoms with Gasteiger partial charge in [0, 0.05) is 14.9 Å². The molecule has 2 N–H and O–H groups in total. The first kappa shape index (κ1) is 19.2. The summed E-state index contributed by atoms with van der Waals surface area (Å²) in [7, 11) is 3.31. The van der Waals surface area contributed by atoms with Gasteiger partial charge in [-0.3, -0.25) is 14.5 Å². The van der Waals surface area contributed by atoms with Crippen molar-refractivity contribution in [1.29, 1.82) is 0 Å². The van der Waals surface area contributed by atoms with Crippen molar-refractivity contribution in [3.05, 3.63) is 52.1 Å². The van der Waals surface area contributed by atoms with Crippen LogP contribution in [0.4, 0.5) is 11.4 Å². The molecule has 0 aromatic heterocycles. The number of carbonyl (C=O) groups is 2. The Bertz CT molecular complexity index is 735. The number of amides is 2. The molecule has 6 nitrogen and oxygen atoms in total. The highest BCUT2D eigenvalue weighted by atomic mass is 127. The van der Waals surface area contributed by atoms with E-state index in [1.807, 2.05) is 24.3 Å². The molecule has 0 radical (unpaired) electrons. The molecule has 0 saturated heterocycles. The highest BCUT2D eigenvalue weighted by Crippen LogP contribution is 2.15. The summed E-state index contributed by atoms with van der Waals surface area (Å²) in [4.78, 5) is 25.7. The maximum absolute atomic E-state index is 12.0. The second kappa shape index (κ2) is 9.38.